The van der Waals surface area contributed by atoms with Crippen molar-refractivity contribution in [2.24, 2.45) is 0 Å². The number of amides is 1. The number of anilines is 1. The van der Waals surface area contributed by atoms with Gasteiger partial charge in [-0.2, -0.15) is 0 Å². The molecule has 0 bridgehead atoms. The quantitative estimate of drug-likeness (QED) is 0.840. The van der Waals surface area contributed by atoms with E-state index in [1.54, 1.807) is 24.3 Å². The molecule has 4 nitrogen and oxygen atoms in total. The van der Waals surface area contributed by atoms with Crippen molar-refractivity contribution in [1.82, 2.24) is 0 Å². The molecule has 1 aromatic carbocycles. The third-order valence-electron chi connectivity index (χ3n) is 2.56. The zero-order valence-corrected chi connectivity index (χ0v) is 10.2. The van der Waals surface area contributed by atoms with Crippen molar-refractivity contribution in [3.05, 3.63) is 34.5 Å². The Kier molecular flexibility index (Phi) is 2.85. The summed E-state index contributed by atoms with van der Waals surface area (Å²) in [5, 5.41) is 10.2. The fourth-order valence-electron chi connectivity index (χ4n) is 1.57. The van der Waals surface area contributed by atoms with E-state index in [0.29, 0.717) is 10.1 Å². The van der Waals surface area contributed by atoms with Crippen molar-refractivity contribution in [3.8, 4) is 5.06 Å². The van der Waals surface area contributed by atoms with Crippen LogP contribution in [0.4, 0.5) is 5.69 Å². The van der Waals surface area contributed by atoms with Crippen LogP contribution in [-0.4, -0.2) is 18.1 Å². The Morgan fingerprint density at radius 1 is 1.35 bits per heavy atom. The van der Waals surface area contributed by atoms with Gasteiger partial charge in [0.2, 0.25) is 11.3 Å². The average Bonchev–Trinajstić information content (AvgIpc) is 2.28. The van der Waals surface area contributed by atoms with Crippen LogP contribution in [-0.2, 0) is 4.79 Å². The monoisotopic (exact) mass is 249 g/mol. The van der Waals surface area contributed by atoms with E-state index in [1.807, 2.05) is 0 Å². The predicted molar refractivity (Wildman–Crippen MR) is 68.8 cm³/mol. The maximum Gasteiger partial charge on any atom is 0.223 e. The van der Waals surface area contributed by atoms with E-state index in [0.717, 1.165) is 11.3 Å². The van der Waals surface area contributed by atoms with E-state index >= 15 is 0 Å². The lowest BCUT2D eigenvalue weighted by molar-refractivity contribution is -0.116. The van der Waals surface area contributed by atoms with Crippen LogP contribution < -0.4 is 10.3 Å². The molecule has 2 rings (SSSR count). The first-order valence-corrected chi connectivity index (χ1v) is 5.83. The number of hydrogen-bond acceptors (Lipinski definition) is 4. The Morgan fingerprint density at radius 3 is 2.65 bits per heavy atom. The highest BCUT2D eigenvalue weighted by atomic mass is 32.1. The summed E-state index contributed by atoms with van der Waals surface area (Å²) < 4.78 is 0.704. The largest absolute Gasteiger partial charge is 0.498 e. The summed E-state index contributed by atoms with van der Waals surface area (Å²) in [5.41, 5.74) is -0.282. The van der Waals surface area contributed by atoms with E-state index in [9.17, 15) is 14.7 Å². The van der Waals surface area contributed by atoms with Gasteiger partial charge in [0, 0.05) is 24.1 Å². The van der Waals surface area contributed by atoms with Crippen LogP contribution in [0, 0.1) is 0 Å². The smallest absolute Gasteiger partial charge is 0.223 e. The molecular weight excluding hydrogens is 238 g/mol. The van der Waals surface area contributed by atoms with Crippen molar-refractivity contribution >= 4 is 33.0 Å². The van der Waals surface area contributed by atoms with E-state index in [2.05, 4.69) is 0 Å². The summed E-state index contributed by atoms with van der Waals surface area (Å²) in [4.78, 5) is 24.6. The summed E-state index contributed by atoms with van der Waals surface area (Å²) in [7, 11) is 1.47. The third-order valence-corrected chi connectivity index (χ3v) is 3.53. The van der Waals surface area contributed by atoms with E-state index in [1.165, 1.54) is 18.9 Å². The van der Waals surface area contributed by atoms with Gasteiger partial charge >= 0.3 is 0 Å². The number of benzene rings is 1. The van der Waals surface area contributed by atoms with Crippen molar-refractivity contribution in [1.29, 1.82) is 0 Å². The van der Waals surface area contributed by atoms with Gasteiger partial charge in [-0.05, 0) is 12.1 Å². The molecule has 17 heavy (non-hydrogen) atoms. The average molecular weight is 249 g/mol. The van der Waals surface area contributed by atoms with Crippen LogP contribution in [0.2, 0.25) is 0 Å². The van der Waals surface area contributed by atoms with Gasteiger partial charge in [-0.1, -0.05) is 23.5 Å². The molecule has 5 heteroatoms. The molecule has 0 aliphatic rings. The summed E-state index contributed by atoms with van der Waals surface area (Å²) in [5.74, 6) is -0.292. The number of fused-ring (bicyclic) bond motifs is 1. The lowest BCUT2D eigenvalue weighted by Crippen LogP contribution is -2.27. The van der Waals surface area contributed by atoms with Gasteiger partial charge in [0.25, 0.3) is 0 Å². The van der Waals surface area contributed by atoms with Crippen LogP contribution in [0.15, 0.2) is 29.1 Å². The van der Waals surface area contributed by atoms with Crippen LogP contribution in [0.25, 0.3) is 10.1 Å². The fraction of sp³-hybridized carbons (Fsp3) is 0.167. The summed E-state index contributed by atoms with van der Waals surface area (Å²) in [6.45, 7) is 1.35. The SMILES string of the molecule is CC(=O)N(C)c1c(O)sc2ccccc2c1=O. The van der Waals surface area contributed by atoms with Crippen molar-refractivity contribution in [2.45, 2.75) is 6.92 Å². The lowest BCUT2D eigenvalue weighted by atomic mass is 10.2. The maximum atomic E-state index is 12.1. The number of carbonyl (C=O) groups excluding carboxylic acids is 1. The molecule has 0 spiro atoms. The second-order valence-corrected chi connectivity index (χ2v) is 4.69. The molecule has 0 fully saturated rings. The Labute approximate surface area is 102 Å². The first-order valence-electron chi connectivity index (χ1n) is 5.01. The van der Waals surface area contributed by atoms with Gasteiger partial charge in [0.1, 0.15) is 5.69 Å². The molecule has 88 valence electrons. The summed E-state index contributed by atoms with van der Waals surface area (Å²) in [6.07, 6.45) is 0. The van der Waals surface area contributed by atoms with Crippen LogP contribution in [0.1, 0.15) is 6.92 Å². The molecule has 0 atom stereocenters. The van der Waals surface area contributed by atoms with E-state index < -0.39 is 0 Å². The Hall–Kier alpha value is -1.88. The van der Waals surface area contributed by atoms with Crippen molar-refractivity contribution < 1.29 is 9.90 Å². The minimum atomic E-state index is -0.324. The van der Waals surface area contributed by atoms with E-state index in [-0.39, 0.29) is 22.1 Å². The Morgan fingerprint density at radius 2 is 2.00 bits per heavy atom. The van der Waals surface area contributed by atoms with Gasteiger partial charge in [0.15, 0.2) is 5.06 Å². The highest BCUT2D eigenvalue weighted by Gasteiger charge is 2.17. The zero-order chi connectivity index (χ0) is 12.6. The second kappa shape index (κ2) is 4.18. The standard InChI is InChI=1S/C12H11NO3S/c1-7(14)13(2)10-11(15)8-5-3-4-6-9(8)17-12(10)16/h3-6,16H,1-2H3. The fourth-order valence-corrected chi connectivity index (χ4v) is 2.53. The maximum absolute atomic E-state index is 12.1. The number of hydrogen-bond donors (Lipinski definition) is 1. The molecular formula is C12H11NO3S. The van der Waals surface area contributed by atoms with Crippen LogP contribution in [0.5, 0.6) is 5.06 Å². The van der Waals surface area contributed by atoms with Gasteiger partial charge in [0.05, 0.1) is 0 Å². The highest BCUT2D eigenvalue weighted by molar-refractivity contribution is 7.20. The van der Waals surface area contributed by atoms with E-state index in [4.69, 9.17) is 0 Å². The molecule has 1 heterocycles. The molecule has 0 saturated carbocycles. The van der Waals surface area contributed by atoms with Crippen LogP contribution >= 0.6 is 11.3 Å². The van der Waals surface area contributed by atoms with Gasteiger partial charge < -0.3 is 10.0 Å². The second-order valence-electron chi connectivity index (χ2n) is 3.66. The predicted octanol–water partition coefficient (Wildman–Crippen LogP) is 1.95. The van der Waals surface area contributed by atoms with Crippen molar-refractivity contribution in [2.75, 3.05) is 11.9 Å². The summed E-state index contributed by atoms with van der Waals surface area (Å²) in [6, 6.07) is 7.00. The van der Waals surface area contributed by atoms with Crippen LogP contribution in [0.3, 0.4) is 0 Å². The highest BCUT2D eigenvalue weighted by Crippen LogP contribution is 2.32. The topological polar surface area (TPSA) is 57.6 Å². The first kappa shape index (κ1) is 11.6. The molecule has 1 amide bonds. The minimum Gasteiger partial charge on any atom is -0.498 e. The Bertz CT molecular complexity index is 648. The molecule has 0 radical (unpaired) electrons. The normalized spacial score (nSPS) is 10.5. The lowest BCUT2D eigenvalue weighted by Gasteiger charge is -2.15. The molecule has 0 unspecified atom stereocenters. The van der Waals surface area contributed by atoms with Gasteiger partial charge in [-0.25, -0.2) is 0 Å². The van der Waals surface area contributed by atoms with Crippen molar-refractivity contribution in [3.63, 3.8) is 0 Å². The number of nitrogens with zero attached hydrogens (tertiary/aromatic N) is 1. The van der Waals surface area contributed by atoms with Gasteiger partial charge in [-0.15, -0.1) is 0 Å². The zero-order valence-electron chi connectivity index (χ0n) is 9.43. The molecule has 1 N–H and O–H groups in total. The Balaban J connectivity index is 2.81. The molecule has 0 saturated heterocycles. The number of carbonyl (C=O) groups is 1. The first-order chi connectivity index (χ1) is 8.02. The third kappa shape index (κ3) is 1.89. The molecule has 2 aromatic rings. The molecule has 0 aliphatic carbocycles. The molecule has 1 aromatic heterocycles. The summed E-state index contributed by atoms with van der Waals surface area (Å²) >= 11 is 1.09. The van der Waals surface area contributed by atoms with Gasteiger partial charge in [-0.3, -0.25) is 9.59 Å². The minimum absolute atomic E-state index is 0.0428. The molecule has 0 aliphatic heterocycles. The number of rotatable bonds is 1. The number of aromatic hydroxyl groups is 1.